The Hall–Kier alpha value is -3.23. The molecule has 1 aliphatic rings. The van der Waals surface area contributed by atoms with Gasteiger partial charge in [0.25, 0.3) is 0 Å². The summed E-state index contributed by atoms with van der Waals surface area (Å²) in [7, 11) is 1.48. The van der Waals surface area contributed by atoms with Crippen LogP contribution in [0.15, 0.2) is 18.2 Å². The molecule has 1 aromatic rings. The fraction of sp³-hybridized carbons (Fsp3) is 0.577. The molecule has 1 fully saturated rings. The van der Waals surface area contributed by atoms with Gasteiger partial charge in [-0.3, -0.25) is 24.0 Å². The van der Waals surface area contributed by atoms with Crippen molar-refractivity contribution < 1.29 is 28.7 Å². The van der Waals surface area contributed by atoms with Gasteiger partial charge >= 0.3 is 0 Å². The normalized spacial score (nSPS) is 14.7. The van der Waals surface area contributed by atoms with Gasteiger partial charge in [0.1, 0.15) is 11.8 Å². The van der Waals surface area contributed by atoms with E-state index >= 15 is 0 Å². The molecule has 1 atom stereocenters. The summed E-state index contributed by atoms with van der Waals surface area (Å²) in [6, 6.07) is 4.01. The van der Waals surface area contributed by atoms with E-state index in [9.17, 15) is 24.0 Å². The zero-order valence-electron chi connectivity index (χ0n) is 21.1. The van der Waals surface area contributed by atoms with Gasteiger partial charge in [0.15, 0.2) is 11.6 Å². The summed E-state index contributed by atoms with van der Waals surface area (Å²) in [5, 5.41) is 7.93. The largest absolute Gasteiger partial charge is 0.496 e. The molecule has 0 aromatic heterocycles. The fourth-order valence-corrected chi connectivity index (χ4v) is 4.12. The minimum Gasteiger partial charge on any atom is -0.496 e. The first-order valence-electron chi connectivity index (χ1n) is 12.2. The first kappa shape index (κ1) is 28.0. The van der Waals surface area contributed by atoms with Crippen LogP contribution < -0.4 is 20.7 Å². The van der Waals surface area contributed by atoms with Crippen LogP contribution in [0.1, 0.15) is 68.8 Å². The Labute approximate surface area is 206 Å². The van der Waals surface area contributed by atoms with E-state index in [0.29, 0.717) is 16.9 Å². The number of amides is 3. The molecule has 0 spiro atoms. The number of hydrogen-bond acceptors (Lipinski definition) is 6. The van der Waals surface area contributed by atoms with Crippen LogP contribution in [-0.2, 0) is 25.6 Å². The second-order valence-electron chi connectivity index (χ2n) is 9.36. The van der Waals surface area contributed by atoms with Crippen LogP contribution in [0.3, 0.4) is 0 Å². The number of hydrogen-bond donors (Lipinski definition) is 3. The third kappa shape index (κ3) is 8.81. The number of carbonyl (C=O) groups excluding carboxylic acids is 5. The van der Waals surface area contributed by atoms with Crippen molar-refractivity contribution in [3.63, 3.8) is 0 Å². The number of Topliss-reactive ketones (excluding diaryl/α,β-unsaturated/α-hetero) is 2. The lowest BCUT2D eigenvalue weighted by atomic mass is 9.89. The molecule has 1 saturated carbocycles. The molecule has 1 unspecified atom stereocenters. The average molecular weight is 488 g/mol. The smallest absolute Gasteiger partial charge is 0.243 e. The second kappa shape index (κ2) is 13.6. The van der Waals surface area contributed by atoms with E-state index in [1.807, 2.05) is 0 Å². The minimum atomic E-state index is -0.853. The van der Waals surface area contributed by atoms with Crippen LogP contribution in [0.5, 0.6) is 5.75 Å². The Morgan fingerprint density at radius 1 is 1.00 bits per heavy atom. The Morgan fingerprint density at radius 2 is 1.66 bits per heavy atom. The molecule has 1 aliphatic carbocycles. The second-order valence-corrected chi connectivity index (χ2v) is 9.36. The maximum absolute atomic E-state index is 12.7. The lowest BCUT2D eigenvalue weighted by Crippen LogP contribution is -2.51. The molecule has 0 heterocycles. The first-order valence-corrected chi connectivity index (χ1v) is 12.2. The van der Waals surface area contributed by atoms with E-state index in [0.717, 1.165) is 32.1 Å². The van der Waals surface area contributed by atoms with Crippen molar-refractivity contribution in [1.29, 1.82) is 0 Å². The van der Waals surface area contributed by atoms with Crippen molar-refractivity contribution in [3.8, 4) is 5.75 Å². The maximum Gasteiger partial charge on any atom is 0.243 e. The SMILES string of the molecule is COc1ccc(C(C)=O)cc1CC(=O)NC(C(=O)NCC(=O)CNC(=O)C1CCCCC1)C(C)C. The van der Waals surface area contributed by atoms with Gasteiger partial charge in [-0.1, -0.05) is 33.1 Å². The molecule has 9 heteroatoms. The Morgan fingerprint density at radius 3 is 2.26 bits per heavy atom. The molecule has 1 aromatic carbocycles. The molecule has 0 aliphatic heterocycles. The fourth-order valence-electron chi connectivity index (χ4n) is 4.12. The predicted molar refractivity (Wildman–Crippen MR) is 131 cm³/mol. The Kier molecular flexibility index (Phi) is 10.9. The van der Waals surface area contributed by atoms with Crippen molar-refractivity contribution in [3.05, 3.63) is 29.3 Å². The number of carbonyl (C=O) groups is 5. The van der Waals surface area contributed by atoms with Gasteiger partial charge in [0.2, 0.25) is 17.7 Å². The number of ketones is 2. The van der Waals surface area contributed by atoms with Crippen molar-refractivity contribution >= 4 is 29.3 Å². The summed E-state index contributed by atoms with van der Waals surface area (Å²) in [4.78, 5) is 61.5. The number of methoxy groups -OCH3 is 1. The van der Waals surface area contributed by atoms with E-state index in [1.165, 1.54) is 14.0 Å². The molecule has 3 N–H and O–H groups in total. The van der Waals surface area contributed by atoms with Gasteiger partial charge in [-0.05, 0) is 43.9 Å². The molecule has 0 saturated heterocycles. The monoisotopic (exact) mass is 487 g/mol. The van der Waals surface area contributed by atoms with Crippen LogP contribution in [0, 0.1) is 11.8 Å². The number of benzene rings is 1. The van der Waals surface area contributed by atoms with Gasteiger partial charge in [-0.25, -0.2) is 0 Å². The van der Waals surface area contributed by atoms with Crippen LogP contribution in [0.2, 0.25) is 0 Å². The van der Waals surface area contributed by atoms with Gasteiger partial charge in [-0.15, -0.1) is 0 Å². The van der Waals surface area contributed by atoms with E-state index in [4.69, 9.17) is 4.74 Å². The van der Waals surface area contributed by atoms with Gasteiger partial charge in [0.05, 0.1) is 26.6 Å². The van der Waals surface area contributed by atoms with Crippen molar-refractivity contribution in [2.45, 2.75) is 65.3 Å². The van der Waals surface area contributed by atoms with Crippen molar-refractivity contribution in [1.82, 2.24) is 16.0 Å². The van der Waals surface area contributed by atoms with E-state index < -0.39 is 17.9 Å². The number of ether oxygens (including phenoxy) is 1. The first-order chi connectivity index (χ1) is 16.6. The molecular weight excluding hydrogens is 450 g/mol. The predicted octanol–water partition coefficient (Wildman–Crippen LogP) is 1.96. The average Bonchev–Trinajstić information content (AvgIpc) is 2.84. The summed E-state index contributed by atoms with van der Waals surface area (Å²) in [5.41, 5.74) is 0.991. The lowest BCUT2D eigenvalue weighted by molar-refractivity contribution is -0.131. The zero-order chi connectivity index (χ0) is 26.0. The topological polar surface area (TPSA) is 131 Å². The number of rotatable bonds is 12. The highest BCUT2D eigenvalue weighted by Gasteiger charge is 2.26. The van der Waals surface area contributed by atoms with Gasteiger partial charge < -0.3 is 20.7 Å². The zero-order valence-corrected chi connectivity index (χ0v) is 21.1. The molecule has 3 amide bonds. The van der Waals surface area contributed by atoms with Crippen LogP contribution >= 0.6 is 0 Å². The standard InChI is InChI=1S/C26H37N3O6/c1-16(2)24(29-23(32)13-20-12-19(17(3)30)10-11-22(20)35-4)26(34)28-15-21(31)14-27-25(33)18-8-6-5-7-9-18/h10-12,16,18,24H,5-9,13-15H2,1-4H3,(H,27,33)(H,28,34)(H,29,32). The highest BCUT2D eigenvalue weighted by molar-refractivity contribution is 5.95. The third-order valence-electron chi connectivity index (χ3n) is 6.20. The summed E-state index contributed by atoms with van der Waals surface area (Å²) in [5.74, 6) is -1.26. The molecule has 0 bridgehead atoms. The molecule has 2 rings (SSSR count). The summed E-state index contributed by atoms with van der Waals surface area (Å²) in [6.45, 7) is 4.63. The van der Waals surface area contributed by atoms with Crippen LogP contribution in [0.25, 0.3) is 0 Å². The summed E-state index contributed by atoms with van der Waals surface area (Å²) in [6.07, 6.45) is 4.81. The van der Waals surface area contributed by atoms with E-state index in [-0.39, 0.29) is 48.8 Å². The summed E-state index contributed by atoms with van der Waals surface area (Å²) >= 11 is 0. The Bertz CT molecular complexity index is 937. The summed E-state index contributed by atoms with van der Waals surface area (Å²) < 4.78 is 5.29. The van der Waals surface area contributed by atoms with Crippen LogP contribution in [-0.4, -0.2) is 55.5 Å². The van der Waals surface area contributed by atoms with Gasteiger partial charge in [-0.2, -0.15) is 0 Å². The molecule has 192 valence electrons. The molecule has 9 nitrogen and oxygen atoms in total. The molecule has 0 radical (unpaired) electrons. The highest BCUT2D eigenvalue weighted by atomic mass is 16.5. The third-order valence-corrected chi connectivity index (χ3v) is 6.20. The number of nitrogens with one attached hydrogen (secondary N) is 3. The maximum atomic E-state index is 12.7. The van der Waals surface area contributed by atoms with Gasteiger partial charge in [0, 0.05) is 17.0 Å². The quantitative estimate of drug-likeness (QED) is 0.387. The molecule has 35 heavy (non-hydrogen) atoms. The molecular formula is C26H37N3O6. The lowest BCUT2D eigenvalue weighted by Gasteiger charge is -2.22. The van der Waals surface area contributed by atoms with Crippen molar-refractivity contribution in [2.75, 3.05) is 20.2 Å². The van der Waals surface area contributed by atoms with Crippen molar-refractivity contribution in [2.24, 2.45) is 11.8 Å². The van der Waals surface area contributed by atoms with E-state index in [2.05, 4.69) is 16.0 Å². The van der Waals surface area contributed by atoms with E-state index in [1.54, 1.807) is 32.0 Å². The highest BCUT2D eigenvalue weighted by Crippen LogP contribution is 2.23. The minimum absolute atomic E-state index is 0.0403. The Balaban J connectivity index is 1.87. The van der Waals surface area contributed by atoms with Crippen LogP contribution in [0.4, 0.5) is 0 Å².